The minimum atomic E-state index is -0.829. The Hall–Kier alpha value is -4.91. The van der Waals surface area contributed by atoms with Gasteiger partial charge in [-0.05, 0) is 117 Å². The first-order valence-corrected chi connectivity index (χ1v) is 19.8. The highest BCUT2D eigenvalue weighted by Crippen LogP contribution is 2.33. The molecule has 0 spiro atoms. The summed E-state index contributed by atoms with van der Waals surface area (Å²) in [4.78, 5) is 42.8. The van der Waals surface area contributed by atoms with E-state index in [-0.39, 0.29) is 35.3 Å². The van der Waals surface area contributed by atoms with E-state index >= 15 is 0 Å². The molecule has 4 fully saturated rings. The Morgan fingerprint density at radius 3 is 2.44 bits per heavy atom. The zero-order valence-electron chi connectivity index (χ0n) is 31.3. The van der Waals surface area contributed by atoms with Gasteiger partial charge in [0.2, 0.25) is 11.5 Å². The van der Waals surface area contributed by atoms with E-state index in [2.05, 4.69) is 25.8 Å². The number of hydrogen-bond donors (Lipinski definition) is 6. The lowest BCUT2D eigenvalue weighted by Gasteiger charge is -2.43. The van der Waals surface area contributed by atoms with Gasteiger partial charge in [0.1, 0.15) is 17.6 Å². The molecule has 3 atom stereocenters. The largest absolute Gasteiger partial charge is 0.506 e. The monoisotopic (exact) mass is 751 g/mol. The lowest BCUT2D eigenvalue weighted by atomic mass is 9.82. The number of rotatable bonds is 15. The molecule has 3 saturated heterocycles. The molecule has 1 unspecified atom stereocenters. The number of pyridine rings is 1. The van der Waals surface area contributed by atoms with Gasteiger partial charge >= 0.3 is 6.09 Å². The van der Waals surface area contributed by atoms with Crippen LogP contribution in [0.4, 0.5) is 4.79 Å². The van der Waals surface area contributed by atoms with Gasteiger partial charge in [-0.25, -0.2) is 4.79 Å². The molecule has 2 bridgehead atoms. The molecule has 1 saturated carbocycles. The highest BCUT2D eigenvalue weighted by atomic mass is 16.6. The number of fused-ring (bicyclic) bond motifs is 4. The second-order valence-electron chi connectivity index (χ2n) is 15.3. The van der Waals surface area contributed by atoms with E-state index < -0.39 is 12.2 Å². The normalized spacial score (nSPS) is 23.1. The highest BCUT2D eigenvalue weighted by Gasteiger charge is 2.37. The van der Waals surface area contributed by atoms with Gasteiger partial charge < -0.3 is 40.6 Å². The summed E-state index contributed by atoms with van der Waals surface area (Å²) >= 11 is 0. The van der Waals surface area contributed by atoms with E-state index in [9.17, 15) is 24.6 Å². The quantitative estimate of drug-likeness (QED) is 0.0901. The third-order valence-corrected chi connectivity index (χ3v) is 11.6. The number of aromatic nitrogens is 1. The lowest BCUT2D eigenvalue weighted by molar-refractivity contribution is -0.126. The van der Waals surface area contributed by atoms with Gasteiger partial charge in [0.25, 0.3) is 0 Å². The Morgan fingerprint density at radius 2 is 1.67 bits per heavy atom. The Balaban J connectivity index is 0.821. The van der Waals surface area contributed by atoms with Gasteiger partial charge in [-0.15, -0.1) is 0 Å². The maximum absolute atomic E-state index is 13.2. The summed E-state index contributed by atoms with van der Waals surface area (Å²) in [5.74, 6) is 1.57. The summed E-state index contributed by atoms with van der Waals surface area (Å²) in [5, 5.41) is 30.9. The van der Waals surface area contributed by atoms with Crippen molar-refractivity contribution in [1.82, 2.24) is 25.8 Å². The summed E-state index contributed by atoms with van der Waals surface area (Å²) in [7, 11) is 0. The molecule has 292 valence electrons. The van der Waals surface area contributed by atoms with Crippen LogP contribution in [0.25, 0.3) is 10.9 Å². The minimum absolute atomic E-state index is 0.0120. The molecule has 4 aliphatic rings. The maximum Gasteiger partial charge on any atom is 0.408 e. The number of alkyl carbamates (subject to hydrolysis) is 1. The standard InChI is InChI=1S/C43H53N5O7/c49-36-16-14-34(35-15-17-39(51)46-41(35)36)37(50)25-44-20-5-21-45-42(52)31-12-10-28(11-13-31)27-54-33-9-4-8-32(24-33)40(30-6-2-1-3-7-30)47-43(53)55-38-26-48-22-18-29(38)19-23-48/h1-4,6-9,14-17,24,28-29,31,37-38,40,44,49-50H,5,10-13,18-23,25-27H2,(H,45,52)(H,46,51)(H,47,53)/t28?,31?,37-,38+,40?/m1/s1. The van der Waals surface area contributed by atoms with E-state index in [0.29, 0.717) is 61.0 Å². The van der Waals surface area contributed by atoms with Gasteiger partial charge in [0, 0.05) is 37.0 Å². The zero-order valence-corrected chi connectivity index (χ0v) is 31.3. The van der Waals surface area contributed by atoms with E-state index in [1.54, 1.807) is 12.1 Å². The van der Waals surface area contributed by atoms with E-state index in [1.165, 1.54) is 12.1 Å². The minimum Gasteiger partial charge on any atom is -0.506 e. The number of benzene rings is 3. The first kappa shape index (κ1) is 38.4. The molecule has 1 aromatic heterocycles. The molecule has 3 aromatic carbocycles. The second-order valence-corrected chi connectivity index (χ2v) is 15.3. The SMILES string of the molecule is O=C(NC(c1ccccc1)c1cccc(OCC2CCC(C(=O)NCCCNC[C@@H](O)c3ccc(O)c4[nH]c(=O)ccc34)CC2)c1)O[C@H]1CN2CCC1CC2. The van der Waals surface area contributed by atoms with Crippen LogP contribution < -0.4 is 26.2 Å². The molecule has 8 rings (SSSR count). The Morgan fingerprint density at radius 1 is 0.891 bits per heavy atom. The lowest BCUT2D eigenvalue weighted by Crippen LogP contribution is -2.52. The molecule has 55 heavy (non-hydrogen) atoms. The number of piperidine rings is 3. The molecule has 0 radical (unpaired) electrons. The van der Waals surface area contributed by atoms with Crippen molar-refractivity contribution < 1.29 is 29.3 Å². The second kappa shape index (κ2) is 18.1. The molecule has 1 aliphatic carbocycles. The van der Waals surface area contributed by atoms with Gasteiger partial charge in [0.15, 0.2) is 0 Å². The molecule has 6 N–H and O–H groups in total. The summed E-state index contributed by atoms with van der Waals surface area (Å²) in [5.41, 5.74) is 2.49. The summed E-state index contributed by atoms with van der Waals surface area (Å²) in [6.07, 6.45) is 5.04. The van der Waals surface area contributed by atoms with Crippen LogP contribution in [0, 0.1) is 17.8 Å². The molecule has 3 aliphatic heterocycles. The number of ether oxygens (including phenoxy) is 2. The smallest absolute Gasteiger partial charge is 0.408 e. The third-order valence-electron chi connectivity index (χ3n) is 11.6. The van der Waals surface area contributed by atoms with Crippen molar-refractivity contribution in [3.8, 4) is 11.5 Å². The number of aliphatic hydroxyl groups is 1. The number of nitrogens with one attached hydrogen (secondary N) is 4. The number of aromatic amines is 1. The van der Waals surface area contributed by atoms with Crippen molar-refractivity contribution in [2.75, 3.05) is 45.9 Å². The number of carbonyl (C=O) groups is 2. The number of phenolic OH excluding ortho intramolecular Hbond substituents is 1. The highest BCUT2D eigenvalue weighted by molar-refractivity contribution is 5.87. The predicted octanol–water partition coefficient (Wildman–Crippen LogP) is 5.16. The number of nitrogens with zero attached hydrogens (tertiary/aromatic N) is 1. The average Bonchev–Trinajstić information content (AvgIpc) is 3.21. The number of phenols is 1. The van der Waals surface area contributed by atoms with Crippen LogP contribution in [0.5, 0.6) is 11.5 Å². The molecule has 12 heteroatoms. The average molecular weight is 752 g/mol. The van der Waals surface area contributed by atoms with Crippen molar-refractivity contribution in [3.05, 3.63) is 106 Å². The molecule has 2 amide bonds. The molecular weight excluding hydrogens is 699 g/mol. The molecule has 4 aromatic rings. The van der Waals surface area contributed by atoms with Gasteiger partial charge in [-0.2, -0.15) is 0 Å². The third kappa shape index (κ3) is 9.86. The zero-order chi connectivity index (χ0) is 38.1. The Labute approximate surface area is 321 Å². The number of hydrogen-bond acceptors (Lipinski definition) is 9. The number of aromatic hydroxyl groups is 1. The number of amides is 2. The topological polar surface area (TPSA) is 165 Å². The molecular formula is C43H53N5O7. The van der Waals surface area contributed by atoms with E-state index in [0.717, 1.165) is 75.0 Å². The maximum atomic E-state index is 13.2. The van der Waals surface area contributed by atoms with Crippen LogP contribution in [0.2, 0.25) is 0 Å². The van der Waals surface area contributed by atoms with E-state index in [4.69, 9.17) is 9.47 Å². The molecule has 12 nitrogen and oxygen atoms in total. The van der Waals surface area contributed by atoms with Crippen molar-refractivity contribution in [3.63, 3.8) is 0 Å². The first-order valence-electron chi connectivity index (χ1n) is 19.8. The van der Waals surface area contributed by atoms with Crippen molar-refractivity contribution in [2.24, 2.45) is 17.8 Å². The van der Waals surface area contributed by atoms with Crippen LogP contribution in [-0.2, 0) is 9.53 Å². The fourth-order valence-electron chi connectivity index (χ4n) is 8.40. The van der Waals surface area contributed by atoms with Gasteiger partial charge in [-0.1, -0.05) is 48.5 Å². The van der Waals surface area contributed by atoms with Crippen LogP contribution in [-0.4, -0.2) is 84.1 Å². The number of carbonyl (C=O) groups excluding carboxylic acids is 2. The molecule has 4 heterocycles. The summed E-state index contributed by atoms with van der Waals surface area (Å²) in [6, 6.07) is 23.6. The Bertz CT molecular complexity index is 1960. The Kier molecular flexibility index (Phi) is 12.7. The van der Waals surface area contributed by atoms with Crippen molar-refractivity contribution in [1.29, 1.82) is 0 Å². The summed E-state index contributed by atoms with van der Waals surface area (Å²) in [6.45, 7) is 5.01. The van der Waals surface area contributed by atoms with Gasteiger partial charge in [0.05, 0.1) is 24.3 Å². The fourth-order valence-corrected chi connectivity index (χ4v) is 8.40. The summed E-state index contributed by atoms with van der Waals surface area (Å²) < 4.78 is 12.3. The first-order chi connectivity index (χ1) is 26.8. The van der Waals surface area contributed by atoms with Crippen LogP contribution in [0.1, 0.15) is 73.8 Å². The van der Waals surface area contributed by atoms with Crippen LogP contribution >= 0.6 is 0 Å². The van der Waals surface area contributed by atoms with E-state index in [1.807, 2.05) is 54.6 Å². The fraction of sp³-hybridized carbons (Fsp3) is 0.465. The van der Waals surface area contributed by atoms with Crippen molar-refractivity contribution >= 4 is 22.9 Å². The van der Waals surface area contributed by atoms with Gasteiger partial charge in [-0.3, -0.25) is 14.5 Å². The number of H-pyrrole nitrogens is 1. The predicted molar refractivity (Wildman–Crippen MR) is 210 cm³/mol. The number of aliphatic hydroxyl groups excluding tert-OH is 1. The van der Waals surface area contributed by atoms with Crippen molar-refractivity contribution in [2.45, 2.75) is 63.2 Å². The van der Waals surface area contributed by atoms with Crippen LogP contribution in [0.15, 0.2) is 83.7 Å². The van der Waals surface area contributed by atoms with Crippen LogP contribution in [0.3, 0.4) is 0 Å².